The second-order valence-corrected chi connectivity index (χ2v) is 6.05. The van der Waals surface area contributed by atoms with Crippen molar-refractivity contribution in [3.8, 4) is 0 Å². The van der Waals surface area contributed by atoms with E-state index in [1.54, 1.807) is 29.7 Å². The molecule has 112 valence electrons. The highest BCUT2D eigenvalue weighted by Gasteiger charge is 2.11. The molecule has 2 rings (SSSR count). The van der Waals surface area contributed by atoms with Gasteiger partial charge in [-0.25, -0.2) is 4.98 Å². The second kappa shape index (κ2) is 7.78. The van der Waals surface area contributed by atoms with Crippen LogP contribution in [0.1, 0.15) is 35.5 Å². The summed E-state index contributed by atoms with van der Waals surface area (Å²) in [5, 5.41) is 8.27. The Morgan fingerprint density at radius 1 is 1.43 bits per heavy atom. The number of pyridine rings is 1. The van der Waals surface area contributed by atoms with E-state index < -0.39 is 0 Å². The summed E-state index contributed by atoms with van der Waals surface area (Å²) in [5.41, 5.74) is 0.640. The number of thiophene rings is 1. The lowest BCUT2D eigenvalue weighted by Gasteiger charge is -2.13. The van der Waals surface area contributed by atoms with Gasteiger partial charge in [0.15, 0.2) is 0 Å². The molecule has 0 radical (unpaired) electrons. The largest absolute Gasteiger partial charge is 0.370 e. The van der Waals surface area contributed by atoms with E-state index in [1.165, 1.54) is 4.88 Å². The number of nitrogens with one attached hydrogen (secondary N) is 2. The molecule has 2 aromatic rings. The Hall–Kier alpha value is -1.88. The van der Waals surface area contributed by atoms with E-state index in [1.807, 2.05) is 13.0 Å². The fraction of sp³-hybridized carbons (Fsp3) is 0.375. The number of aromatic nitrogens is 1. The quantitative estimate of drug-likeness (QED) is 0.825. The van der Waals surface area contributed by atoms with E-state index in [-0.39, 0.29) is 11.9 Å². The van der Waals surface area contributed by atoms with Crippen LogP contribution in [-0.2, 0) is 6.42 Å². The number of carbonyl (C=O) groups excluding carboxylic acids is 1. The molecule has 0 saturated heterocycles. The predicted octanol–water partition coefficient (Wildman–Crippen LogP) is 3.33. The van der Waals surface area contributed by atoms with Gasteiger partial charge < -0.3 is 10.6 Å². The van der Waals surface area contributed by atoms with Gasteiger partial charge in [0.2, 0.25) is 0 Å². The molecule has 2 aromatic heterocycles. The number of hydrogen-bond acceptors (Lipinski definition) is 4. The van der Waals surface area contributed by atoms with Crippen molar-refractivity contribution in [1.29, 1.82) is 0 Å². The molecule has 5 heteroatoms. The SMILES string of the molecule is CCCNc1cc(C(=O)NC(C)Cc2cccs2)ccn1. The van der Waals surface area contributed by atoms with Crippen molar-refractivity contribution in [2.24, 2.45) is 0 Å². The van der Waals surface area contributed by atoms with Gasteiger partial charge in [0.25, 0.3) is 5.91 Å². The van der Waals surface area contributed by atoms with Crippen LogP contribution in [0.3, 0.4) is 0 Å². The van der Waals surface area contributed by atoms with Crippen LogP contribution in [-0.4, -0.2) is 23.5 Å². The molecule has 0 aliphatic rings. The Balaban J connectivity index is 1.93. The summed E-state index contributed by atoms with van der Waals surface area (Å²) in [6.45, 7) is 4.97. The maximum Gasteiger partial charge on any atom is 0.251 e. The maximum absolute atomic E-state index is 12.2. The van der Waals surface area contributed by atoms with Crippen LogP contribution < -0.4 is 10.6 Å². The van der Waals surface area contributed by atoms with Crippen LogP contribution >= 0.6 is 11.3 Å². The fourth-order valence-corrected chi connectivity index (χ4v) is 2.85. The standard InChI is InChI=1S/C16H21N3OS/c1-3-7-17-15-11-13(6-8-18-15)16(20)19-12(2)10-14-5-4-9-21-14/h4-6,8-9,11-12H,3,7,10H2,1-2H3,(H,17,18)(H,19,20). The van der Waals surface area contributed by atoms with Gasteiger partial charge in [-0.1, -0.05) is 13.0 Å². The first kappa shape index (κ1) is 15.5. The highest BCUT2D eigenvalue weighted by Crippen LogP contribution is 2.12. The topological polar surface area (TPSA) is 54.0 Å². The molecule has 1 amide bonds. The van der Waals surface area contributed by atoms with E-state index in [0.29, 0.717) is 5.56 Å². The predicted molar refractivity (Wildman–Crippen MR) is 88.0 cm³/mol. The normalized spacial score (nSPS) is 11.9. The molecule has 0 bridgehead atoms. The summed E-state index contributed by atoms with van der Waals surface area (Å²) in [4.78, 5) is 17.7. The van der Waals surface area contributed by atoms with Gasteiger partial charge in [0.05, 0.1) is 0 Å². The Bertz CT molecular complexity index is 569. The summed E-state index contributed by atoms with van der Waals surface area (Å²) < 4.78 is 0. The summed E-state index contributed by atoms with van der Waals surface area (Å²) in [7, 11) is 0. The van der Waals surface area contributed by atoms with Gasteiger partial charge in [-0.3, -0.25) is 4.79 Å². The average molecular weight is 303 g/mol. The number of amides is 1. The van der Waals surface area contributed by atoms with Gasteiger partial charge in [0, 0.05) is 35.6 Å². The highest BCUT2D eigenvalue weighted by atomic mass is 32.1. The Kier molecular flexibility index (Phi) is 5.75. The third kappa shape index (κ3) is 4.86. The van der Waals surface area contributed by atoms with Crippen LogP contribution in [0.15, 0.2) is 35.8 Å². The molecule has 2 heterocycles. The van der Waals surface area contributed by atoms with Crippen LogP contribution in [0, 0.1) is 0 Å². The van der Waals surface area contributed by atoms with E-state index in [4.69, 9.17) is 0 Å². The molecular formula is C16H21N3OS. The van der Waals surface area contributed by atoms with Gasteiger partial charge in [0.1, 0.15) is 5.82 Å². The molecule has 4 nitrogen and oxygen atoms in total. The van der Waals surface area contributed by atoms with Gasteiger partial charge >= 0.3 is 0 Å². The molecule has 21 heavy (non-hydrogen) atoms. The first-order valence-corrected chi connectivity index (χ1v) is 8.10. The van der Waals surface area contributed by atoms with Crippen molar-refractivity contribution in [3.63, 3.8) is 0 Å². The van der Waals surface area contributed by atoms with Crippen LogP contribution in [0.2, 0.25) is 0 Å². The minimum Gasteiger partial charge on any atom is -0.370 e. The number of nitrogens with zero attached hydrogens (tertiary/aromatic N) is 1. The summed E-state index contributed by atoms with van der Waals surface area (Å²) in [6.07, 6.45) is 3.54. The molecule has 1 unspecified atom stereocenters. The summed E-state index contributed by atoms with van der Waals surface area (Å²) in [5.74, 6) is 0.691. The van der Waals surface area contributed by atoms with Crippen molar-refractivity contribution >= 4 is 23.1 Å². The lowest BCUT2D eigenvalue weighted by Crippen LogP contribution is -2.33. The molecule has 1 atom stereocenters. The Morgan fingerprint density at radius 2 is 2.29 bits per heavy atom. The zero-order valence-electron chi connectivity index (χ0n) is 12.4. The summed E-state index contributed by atoms with van der Waals surface area (Å²) >= 11 is 1.71. The minimum absolute atomic E-state index is 0.0546. The molecule has 0 spiro atoms. The van der Waals surface area contributed by atoms with Gasteiger partial charge in [-0.2, -0.15) is 0 Å². The molecule has 0 aliphatic carbocycles. The Labute approximate surface area is 129 Å². The molecule has 0 saturated carbocycles. The van der Waals surface area contributed by atoms with Gasteiger partial charge in [-0.05, 0) is 36.9 Å². The number of hydrogen-bond donors (Lipinski definition) is 2. The lowest BCUT2D eigenvalue weighted by molar-refractivity contribution is 0.0940. The van der Waals surface area contributed by atoms with Crippen molar-refractivity contribution < 1.29 is 4.79 Å². The van der Waals surface area contributed by atoms with E-state index in [0.717, 1.165) is 25.2 Å². The van der Waals surface area contributed by atoms with Crippen LogP contribution in [0.4, 0.5) is 5.82 Å². The zero-order valence-corrected chi connectivity index (χ0v) is 13.2. The van der Waals surface area contributed by atoms with E-state index in [9.17, 15) is 4.79 Å². The zero-order chi connectivity index (χ0) is 15.1. The third-order valence-electron chi connectivity index (χ3n) is 3.04. The molecule has 2 N–H and O–H groups in total. The van der Waals surface area contributed by atoms with Gasteiger partial charge in [-0.15, -0.1) is 11.3 Å². The second-order valence-electron chi connectivity index (χ2n) is 5.01. The number of carbonyl (C=O) groups is 1. The molecule has 0 fully saturated rings. The lowest BCUT2D eigenvalue weighted by atomic mass is 10.2. The minimum atomic E-state index is -0.0546. The maximum atomic E-state index is 12.2. The highest BCUT2D eigenvalue weighted by molar-refractivity contribution is 7.09. The van der Waals surface area contributed by atoms with Crippen LogP contribution in [0.5, 0.6) is 0 Å². The smallest absolute Gasteiger partial charge is 0.251 e. The first-order chi connectivity index (χ1) is 10.2. The van der Waals surface area contributed by atoms with Crippen molar-refractivity contribution in [1.82, 2.24) is 10.3 Å². The van der Waals surface area contributed by atoms with Crippen molar-refractivity contribution in [3.05, 3.63) is 46.3 Å². The third-order valence-corrected chi connectivity index (χ3v) is 3.94. The fourth-order valence-electron chi connectivity index (χ4n) is 2.01. The monoisotopic (exact) mass is 303 g/mol. The van der Waals surface area contributed by atoms with Crippen molar-refractivity contribution in [2.75, 3.05) is 11.9 Å². The van der Waals surface area contributed by atoms with E-state index in [2.05, 4.69) is 34.0 Å². The molecule has 0 aliphatic heterocycles. The number of anilines is 1. The van der Waals surface area contributed by atoms with Crippen LogP contribution in [0.25, 0.3) is 0 Å². The molecule has 0 aromatic carbocycles. The Morgan fingerprint density at radius 3 is 3.00 bits per heavy atom. The van der Waals surface area contributed by atoms with E-state index >= 15 is 0 Å². The molecular weight excluding hydrogens is 282 g/mol. The first-order valence-electron chi connectivity index (χ1n) is 7.22. The van der Waals surface area contributed by atoms with Crippen molar-refractivity contribution in [2.45, 2.75) is 32.7 Å². The number of rotatable bonds is 7. The summed E-state index contributed by atoms with van der Waals surface area (Å²) in [6, 6.07) is 7.76. The average Bonchev–Trinajstić information content (AvgIpc) is 2.98.